The molecule has 0 radical (unpaired) electrons. The van der Waals surface area contributed by atoms with Gasteiger partial charge in [0, 0.05) is 11.8 Å². The van der Waals surface area contributed by atoms with Crippen LogP contribution in [0.25, 0.3) is 11.0 Å². The molecule has 1 amide bonds. The van der Waals surface area contributed by atoms with Crippen molar-refractivity contribution in [1.29, 1.82) is 0 Å². The van der Waals surface area contributed by atoms with Gasteiger partial charge in [-0.1, -0.05) is 38.8 Å². The fourth-order valence-electron chi connectivity index (χ4n) is 2.71. The Morgan fingerprint density at radius 2 is 2.14 bits per heavy atom. The summed E-state index contributed by atoms with van der Waals surface area (Å²) in [5.74, 6) is 1.93. The molecule has 0 aliphatic heterocycles. The highest BCUT2D eigenvalue weighted by molar-refractivity contribution is 5.84. The number of amides is 1. The van der Waals surface area contributed by atoms with E-state index in [0.717, 1.165) is 29.6 Å². The molecule has 1 heterocycles. The molecule has 2 unspecified atom stereocenters. The molecule has 0 aliphatic carbocycles. The second-order valence-electron chi connectivity index (χ2n) is 5.91. The summed E-state index contributed by atoms with van der Waals surface area (Å²) in [6, 6.07) is 7.57. The number of hydrogen-bond acceptors (Lipinski definition) is 3. The van der Waals surface area contributed by atoms with Gasteiger partial charge in [0.25, 0.3) is 0 Å². The third kappa shape index (κ3) is 3.81. The lowest BCUT2D eigenvalue weighted by atomic mass is 10.0. The van der Waals surface area contributed by atoms with Gasteiger partial charge in [0.2, 0.25) is 5.91 Å². The smallest absolute Gasteiger partial charge is 0.220 e. The fraction of sp³-hybridized carbons (Fsp3) is 0.500. The van der Waals surface area contributed by atoms with Crippen molar-refractivity contribution in [3.63, 3.8) is 0 Å². The average Bonchev–Trinajstić information content (AvgIpc) is 2.91. The molecule has 0 saturated carbocycles. The van der Waals surface area contributed by atoms with Crippen molar-refractivity contribution in [3.05, 3.63) is 30.0 Å². The Labute approximate surface area is 131 Å². The summed E-state index contributed by atoms with van der Waals surface area (Å²) in [5.41, 5.74) is 0.723. The zero-order valence-corrected chi connectivity index (χ0v) is 13.8. The number of ether oxygens (including phenoxy) is 1. The topological polar surface area (TPSA) is 51.5 Å². The van der Waals surface area contributed by atoms with Crippen molar-refractivity contribution >= 4 is 16.9 Å². The van der Waals surface area contributed by atoms with E-state index >= 15 is 0 Å². The van der Waals surface area contributed by atoms with E-state index in [9.17, 15) is 4.79 Å². The van der Waals surface area contributed by atoms with Crippen LogP contribution in [-0.2, 0) is 4.79 Å². The normalized spacial score (nSPS) is 13.8. The van der Waals surface area contributed by atoms with Crippen LogP contribution in [0.2, 0.25) is 0 Å². The summed E-state index contributed by atoms with van der Waals surface area (Å²) in [5, 5.41) is 3.99. The van der Waals surface area contributed by atoms with Crippen LogP contribution in [0.1, 0.15) is 51.8 Å². The fourth-order valence-corrected chi connectivity index (χ4v) is 2.71. The second kappa shape index (κ2) is 7.34. The predicted octanol–water partition coefficient (Wildman–Crippen LogP) is 4.44. The van der Waals surface area contributed by atoms with E-state index in [1.54, 1.807) is 7.11 Å². The molecular weight excluding hydrogens is 278 g/mol. The van der Waals surface area contributed by atoms with Gasteiger partial charge in [-0.05, 0) is 25.0 Å². The summed E-state index contributed by atoms with van der Waals surface area (Å²) >= 11 is 0. The molecule has 2 atom stereocenters. The Balaban J connectivity index is 2.06. The average molecular weight is 303 g/mol. The zero-order chi connectivity index (χ0) is 16.1. The molecule has 0 spiro atoms. The molecule has 1 N–H and O–H groups in total. The summed E-state index contributed by atoms with van der Waals surface area (Å²) < 4.78 is 11.2. The minimum Gasteiger partial charge on any atom is -0.493 e. The molecular formula is C18H25NO3. The molecule has 4 nitrogen and oxygen atoms in total. The number of carbonyl (C=O) groups is 1. The number of nitrogens with one attached hydrogen (secondary N) is 1. The van der Waals surface area contributed by atoms with Gasteiger partial charge in [-0.15, -0.1) is 0 Å². The Morgan fingerprint density at radius 3 is 2.82 bits per heavy atom. The van der Waals surface area contributed by atoms with Gasteiger partial charge in [-0.2, -0.15) is 0 Å². The van der Waals surface area contributed by atoms with E-state index in [2.05, 4.69) is 19.2 Å². The van der Waals surface area contributed by atoms with Crippen molar-refractivity contribution in [2.24, 2.45) is 5.92 Å². The summed E-state index contributed by atoms with van der Waals surface area (Å²) in [4.78, 5) is 12.1. The Morgan fingerprint density at radius 1 is 1.36 bits per heavy atom. The first-order chi connectivity index (χ1) is 10.5. The molecule has 0 bridgehead atoms. The predicted molar refractivity (Wildman–Crippen MR) is 88.0 cm³/mol. The molecule has 1 aromatic carbocycles. The van der Waals surface area contributed by atoms with Gasteiger partial charge >= 0.3 is 0 Å². The largest absolute Gasteiger partial charge is 0.493 e. The molecule has 4 heteroatoms. The van der Waals surface area contributed by atoms with Crippen LogP contribution in [0.3, 0.4) is 0 Å². The maximum Gasteiger partial charge on any atom is 0.220 e. The van der Waals surface area contributed by atoms with Crippen molar-refractivity contribution in [3.8, 4) is 5.75 Å². The number of carbonyl (C=O) groups excluding carboxylic acids is 1. The molecule has 0 aliphatic rings. The summed E-state index contributed by atoms with van der Waals surface area (Å²) in [7, 11) is 1.62. The van der Waals surface area contributed by atoms with E-state index in [1.807, 2.05) is 31.2 Å². The summed E-state index contributed by atoms with van der Waals surface area (Å²) in [6.07, 6.45) is 2.73. The van der Waals surface area contributed by atoms with Crippen LogP contribution in [0.4, 0.5) is 0 Å². The van der Waals surface area contributed by atoms with E-state index in [-0.39, 0.29) is 11.9 Å². The minimum absolute atomic E-state index is 0.0703. The van der Waals surface area contributed by atoms with Gasteiger partial charge in [0.05, 0.1) is 13.2 Å². The van der Waals surface area contributed by atoms with Crippen LogP contribution in [0.5, 0.6) is 5.75 Å². The standard InChI is InChI=1S/C18H25NO3/c1-5-7-12(2)10-17(20)19-13(3)16-11-14-8-6-9-15(21-4)18(14)22-16/h6,8-9,11-13H,5,7,10H2,1-4H3,(H,19,20). The number of furan rings is 1. The number of para-hydroxylation sites is 1. The monoisotopic (exact) mass is 303 g/mol. The molecule has 2 aromatic rings. The number of fused-ring (bicyclic) bond motifs is 1. The highest BCUT2D eigenvalue weighted by atomic mass is 16.5. The van der Waals surface area contributed by atoms with Gasteiger partial charge in [-0.25, -0.2) is 0 Å². The minimum atomic E-state index is -0.154. The Kier molecular flexibility index (Phi) is 5.47. The lowest BCUT2D eigenvalue weighted by Gasteiger charge is -2.14. The second-order valence-corrected chi connectivity index (χ2v) is 5.91. The first kappa shape index (κ1) is 16.4. The van der Waals surface area contributed by atoms with Gasteiger partial charge in [-0.3, -0.25) is 4.79 Å². The maximum absolute atomic E-state index is 12.1. The number of rotatable bonds is 7. The van der Waals surface area contributed by atoms with Crippen LogP contribution in [-0.4, -0.2) is 13.0 Å². The zero-order valence-electron chi connectivity index (χ0n) is 13.8. The molecule has 22 heavy (non-hydrogen) atoms. The van der Waals surface area contributed by atoms with Crippen molar-refractivity contribution in [2.45, 2.75) is 46.1 Å². The molecule has 0 fully saturated rings. The lowest BCUT2D eigenvalue weighted by Crippen LogP contribution is -2.27. The number of hydrogen-bond donors (Lipinski definition) is 1. The first-order valence-corrected chi connectivity index (χ1v) is 7.91. The van der Waals surface area contributed by atoms with Gasteiger partial charge < -0.3 is 14.5 Å². The van der Waals surface area contributed by atoms with Gasteiger partial charge in [0.1, 0.15) is 5.76 Å². The molecule has 120 valence electrons. The van der Waals surface area contributed by atoms with Crippen LogP contribution >= 0.6 is 0 Å². The molecule has 1 aromatic heterocycles. The van der Waals surface area contributed by atoms with Crippen LogP contribution in [0.15, 0.2) is 28.7 Å². The number of methoxy groups -OCH3 is 1. The van der Waals surface area contributed by atoms with Crippen LogP contribution in [0, 0.1) is 5.92 Å². The van der Waals surface area contributed by atoms with Crippen LogP contribution < -0.4 is 10.1 Å². The van der Waals surface area contributed by atoms with Crippen molar-refractivity contribution in [2.75, 3.05) is 7.11 Å². The number of benzene rings is 1. The third-order valence-electron chi connectivity index (χ3n) is 3.87. The van der Waals surface area contributed by atoms with Crippen molar-refractivity contribution in [1.82, 2.24) is 5.32 Å². The Hall–Kier alpha value is -1.97. The molecule has 2 rings (SSSR count). The summed E-state index contributed by atoms with van der Waals surface area (Å²) in [6.45, 7) is 6.19. The first-order valence-electron chi connectivity index (χ1n) is 7.91. The SMILES string of the molecule is CCCC(C)CC(=O)NC(C)c1cc2cccc(OC)c2o1. The quantitative estimate of drug-likeness (QED) is 0.822. The van der Waals surface area contributed by atoms with E-state index in [1.165, 1.54) is 0 Å². The van der Waals surface area contributed by atoms with E-state index < -0.39 is 0 Å². The van der Waals surface area contributed by atoms with E-state index in [4.69, 9.17) is 9.15 Å². The van der Waals surface area contributed by atoms with Gasteiger partial charge in [0.15, 0.2) is 11.3 Å². The maximum atomic E-state index is 12.1. The van der Waals surface area contributed by atoms with Crippen molar-refractivity contribution < 1.29 is 13.9 Å². The lowest BCUT2D eigenvalue weighted by molar-refractivity contribution is -0.122. The highest BCUT2D eigenvalue weighted by Gasteiger charge is 2.17. The molecule has 0 saturated heterocycles. The van der Waals surface area contributed by atoms with E-state index in [0.29, 0.717) is 18.1 Å². The third-order valence-corrected chi connectivity index (χ3v) is 3.87. The highest BCUT2D eigenvalue weighted by Crippen LogP contribution is 2.30. The Bertz CT molecular complexity index is 632.